The van der Waals surface area contributed by atoms with E-state index in [0.717, 1.165) is 31.5 Å². The van der Waals surface area contributed by atoms with Gasteiger partial charge in [0, 0.05) is 37.4 Å². The highest BCUT2D eigenvalue weighted by Gasteiger charge is 2.55. The second kappa shape index (κ2) is 6.87. The molecule has 0 spiro atoms. The normalized spacial score (nSPS) is 29.1. The molecule has 3 heteroatoms. The van der Waals surface area contributed by atoms with Gasteiger partial charge in [0.15, 0.2) is 0 Å². The van der Waals surface area contributed by atoms with E-state index in [1.807, 2.05) is 48.5 Å². The maximum Gasteiger partial charge on any atom is 0.253 e. The Bertz CT molecular complexity index is 686. The number of alkyl halides is 2. The minimum atomic E-state index is -2.58. The first-order chi connectivity index (χ1) is 12.1. The molecule has 1 saturated carbocycles. The Kier molecular flexibility index (Phi) is 4.60. The first-order valence-electron chi connectivity index (χ1n) is 9.36. The highest BCUT2D eigenvalue weighted by molar-refractivity contribution is 5.26. The van der Waals surface area contributed by atoms with Gasteiger partial charge in [-0.05, 0) is 24.0 Å². The summed E-state index contributed by atoms with van der Waals surface area (Å²) >= 11 is 0. The SMILES string of the molecule is FC1(F)CCCC[C@H]2[C@H]1[C@@H](c1ccccc1)CN2Cc1ccccc1. The summed E-state index contributed by atoms with van der Waals surface area (Å²) < 4.78 is 30.1. The summed E-state index contributed by atoms with van der Waals surface area (Å²) in [5.41, 5.74) is 2.28. The number of rotatable bonds is 3. The van der Waals surface area contributed by atoms with Crippen LogP contribution >= 0.6 is 0 Å². The van der Waals surface area contributed by atoms with Crippen molar-refractivity contribution in [3.63, 3.8) is 0 Å². The monoisotopic (exact) mass is 341 g/mol. The average molecular weight is 341 g/mol. The first kappa shape index (κ1) is 16.7. The fraction of sp³-hybridized carbons (Fsp3) is 0.455. The van der Waals surface area contributed by atoms with E-state index in [-0.39, 0.29) is 18.4 Å². The molecular formula is C22H25F2N. The van der Waals surface area contributed by atoms with Crippen LogP contribution in [0.2, 0.25) is 0 Å². The Morgan fingerprint density at radius 1 is 0.920 bits per heavy atom. The van der Waals surface area contributed by atoms with Crippen molar-refractivity contribution in [2.45, 2.75) is 50.1 Å². The summed E-state index contributed by atoms with van der Waals surface area (Å²) in [7, 11) is 0. The smallest absolute Gasteiger partial charge is 0.253 e. The van der Waals surface area contributed by atoms with Crippen LogP contribution in [0.25, 0.3) is 0 Å². The topological polar surface area (TPSA) is 3.24 Å². The van der Waals surface area contributed by atoms with Crippen molar-refractivity contribution in [3.05, 3.63) is 71.8 Å². The molecule has 2 aromatic rings. The van der Waals surface area contributed by atoms with E-state index in [1.54, 1.807) is 0 Å². The Labute approximate surface area is 148 Å². The number of nitrogens with zero attached hydrogens (tertiary/aromatic N) is 1. The lowest BCUT2D eigenvalue weighted by Crippen LogP contribution is -2.39. The lowest BCUT2D eigenvalue weighted by atomic mass is 9.80. The van der Waals surface area contributed by atoms with E-state index in [2.05, 4.69) is 17.0 Å². The van der Waals surface area contributed by atoms with Crippen molar-refractivity contribution >= 4 is 0 Å². The van der Waals surface area contributed by atoms with Crippen LogP contribution in [0, 0.1) is 5.92 Å². The zero-order chi connectivity index (χ0) is 17.3. The Balaban J connectivity index is 1.67. The van der Waals surface area contributed by atoms with Gasteiger partial charge in [-0.2, -0.15) is 0 Å². The second-order valence-electron chi connectivity index (χ2n) is 7.53. The van der Waals surface area contributed by atoms with Gasteiger partial charge < -0.3 is 0 Å². The highest BCUT2D eigenvalue weighted by Crippen LogP contribution is 2.51. The summed E-state index contributed by atoms with van der Waals surface area (Å²) in [5.74, 6) is -3.23. The molecule has 0 aromatic heterocycles. The van der Waals surface area contributed by atoms with Crippen molar-refractivity contribution in [2.24, 2.45) is 5.92 Å². The van der Waals surface area contributed by atoms with Gasteiger partial charge in [0.2, 0.25) is 0 Å². The van der Waals surface area contributed by atoms with Crippen LogP contribution in [-0.2, 0) is 6.54 Å². The van der Waals surface area contributed by atoms with Gasteiger partial charge in [-0.1, -0.05) is 67.1 Å². The van der Waals surface area contributed by atoms with E-state index < -0.39 is 11.8 Å². The molecule has 25 heavy (non-hydrogen) atoms. The summed E-state index contributed by atoms with van der Waals surface area (Å²) in [6.45, 7) is 1.49. The Hall–Kier alpha value is -1.74. The molecule has 0 unspecified atom stereocenters. The molecule has 1 aliphatic carbocycles. The molecule has 1 saturated heterocycles. The maximum absolute atomic E-state index is 15.0. The fourth-order valence-electron chi connectivity index (χ4n) is 4.83. The van der Waals surface area contributed by atoms with Crippen LogP contribution in [0.3, 0.4) is 0 Å². The zero-order valence-corrected chi connectivity index (χ0v) is 14.5. The molecule has 1 nitrogen and oxygen atoms in total. The molecule has 1 aliphatic heterocycles. The van der Waals surface area contributed by atoms with E-state index in [1.165, 1.54) is 5.56 Å². The van der Waals surface area contributed by atoms with Crippen molar-refractivity contribution in [1.82, 2.24) is 4.90 Å². The number of fused-ring (bicyclic) bond motifs is 1. The molecule has 2 fully saturated rings. The van der Waals surface area contributed by atoms with Gasteiger partial charge in [0.1, 0.15) is 0 Å². The molecule has 1 heterocycles. The third-order valence-electron chi connectivity index (χ3n) is 5.95. The van der Waals surface area contributed by atoms with Crippen LogP contribution in [0.15, 0.2) is 60.7 Å². The number of likely N-dealkylation sites (tertiary alicyclic amines) is 1. The third kappa shape index (κ3) is 3.35. The summed E-state index contributed by atoms with van der Waals surface area (Å²) in [6, 6.07) is 20.2. The number of halogens is 2. The molecule has 2 aromatic carbocycles. The van der Waals surface area contributed by atoms with E-state index in [4.69, 9.17) is 0 Å². The van der Waals surface area contributed by atoms with Crippen LogP contribution in [0.4, 0.5) is 8.78 Å². The lowest BCUT2D eigenvalue weighted by molar-refractivity contribution is -0.0753. The molecule has 0 amide bonds. The van der Waals surface area contributed by atoms with Crippen molar-refractivity contribution in [1.29, 1.82) is 0 Å². The number of benzene rings is 2. The molecular weight excluding hydrogens is 316 g/mol. The van der Waals surface area contributed by atoms with Crippen LogP contribution < -0.4 is 0 Å². The van der Waals surface area contributed by atoms with Gasteiger partial charge in [0.05, 0.1) is 0 Å². The van der Waals surface area contributed by atoms with Gasteiger partial charge in [-0.15, -0.1) is 0 Å². The number of hydrogen-bond donors (Lipinski definition) is 0. The quantitative estimate of drug-likeness (QED) is 0.714. The average Bonchev–Trinajstić information content (AvgIpc) is 2.91. The summed E-state index contributed by atoms with van der Waals surface area (Å²) in [5, 5.41) is 0. The standard InChI is InChI=1S/C22H25F2N/c23-22(24)14-8-7-13-20-21(22)19(18-11-5-2-6-12-18)16-25(20)15-17-9-3-1-4-10-17/h1-6,9-12,19-21H,7-8,13-16H2/t19-,20+,21-/m1/s1. The number of hydrogen-bond acceptors (Lipinski definition) is 1. The second-order valence-corrected chi connectivity index (χ2v) is 7.53. The van der Waals surface area contributed by atoms with Crippen molar-refractivity contribution in [3.8, 4) is 0 Å². The van der Waals surface area contributed by atoms with Crippen molar-refractivity contribution < 1.29 is 8.78 Å². The Morgan fingerprint density at radius 3 is 2.32 bits per heavy atom. The third-order valence-corrected chi connectivity index (χ3v) is 5.95. The van der Waals surface area contributed by atoms with Gasteiger partial charge in [-0.3, -0.25) is 4.90 Å². The Morgan fingerprint density at radius 2 is 1.60 bits per heavy atom. The highest BCUT2D eigenvalue weighted by atomic mass is 19.3. The zero-order valence-electron chi connectivity index (χ0n) is 14.5. The summed E-state index contributed by atoms with van der Waals surface area (Å²) in [4.78, 5) is 2.32. The van der Waals surface area contributed by atoms with E-state index in [0.29, 0.717) is 6.42 Å². The van der Waals surface area contributed by atoms with Gasteiger partial charge >= 0.3 is 0 Å². The molecule has 0 bridgehead atoms. The largest absolute Gasteiger partial charge is 0.295 e. The maximum atomic E-state index is 15.0. The summed E-state index contributed by atoms with van der Waals surface area (Å²) in [6.07, 6.45) is 2.47. The first-order valence-corrected chi connectivity index (χ1v) is 9.36. The van der Waals surface area contributed by atoms with Gasteiger partial charge in [0.25, 0.3) is 5.92 Å². The van der Waals surface area contributed by atoms with Crippen LogP contribution in [-0.4, -0.2) is 23.4 Å². The molecule has 0 N–H and O–H groups in total. The predicted octanol–water partition coefficient (Wildman–Crippen LogP) is 5.48. The fourth-order valence-corrected chi connectivity index (χ4v) is 4.83. The van der Waals surface area contributed by atoms with Crippen molar-refractivity contribution in [2.75, 3.05) is 6.54 Å². The van der Waals surface area contributed by atoms with Gasteiger partial charge in [-0.25, -0.2) is 8.78 Å². The molecule has 132 valence electrons. The predicted molar refractivity (Wildman–Crippen MR) is 96.7 cm³/mol. The molecule has 2 aliphatic rings. The van der Waals surface area contributed by atoms with Crippen LogP contribution in [0.1, 0.15) is 42.7 Å². The lowest BCUT2D eigenvalue weighted by Gasteiger charge is -2.32. The molecule has 0 radical (unpaired) electrons. The van der Waals surface area contributed by atoms with E-state index >= 15 is 8.78 Å². The minimum Gasteiger partial charge on any atom is -0.295 e. The molecule has 4 rings (SSSR count). The van der Waals surface area contributed by atoms with Crippen LogP contribution in [0.5, 0.6) is 0 Å². The molecule has 3 atom stereocenters. The van der Waals surface area contributed by atoms with E-state index in [9.17, 15) is 0 Å². The minimum absolute atomic E-state index is 0.0251.